The summed E-state index contributed by atoms with van der Waals surface area (Å²) < 4.78 is 22.6. The number of nitrogens with zero attached hydrogens (tertiary/aromatic N) is 1. The second-order valence-electron chi connectivity index (χ2n) is 4.18. The summed E-state index contributed by atoms with van der Waals surface area (Å²) >= 11 is 0. The molecule has 0 aromatic rings. The summed E-state index contributed by atoms with van der Waals surface area (Å²) in [7, 11) is -3.14. The number of sulfone groups is 1. The van der Waals surface area contributed by atoms with Crippen molar-refractivity contribution in [1.82, 2.24) is 10.2 Å². The van der Waals surface area contributed by atoms with E-state index in [9.17, 15) is 18.0 Å². The Morgan fingerprint density at radius 3 is 2.56 bits per heavy atom. The van der Waals surface area contributed by atoms with Crippen molar-refractivity contribution in [2.45, 2.75) is 19.0 Å². The van der Waals surface area contributed by atoms with Gasteiger partial charge in [-0.15, -0.1) is 0 Å². The van der Waals surface area contributed by atoms with E-state index in [0.29, 0.717) is 0 Å². The second kappa shape index (κ2) is 5.53. The zero-order valence-corrected chi connectivity index (χ0v) is 10.7. The Kier molecular flexibility index (Phi) is 4.52. The van der Waals surface area contributed by atoms with Crippen LogP contribution in [0.1, 0.15) is 6.92 Å². The van der Waals surface area contributed by atoms with Crippen LogP contribution in [0, 0.1) is 0 Å². The lowest BCUT2D eigenvalue weighted by Crippen LogP contribution is -2.56. The number of aliphatic carboxylic acids is 1. The van der Waals surface area contributed by atoms with Gasteiger partial charge in [-0.25, -0.2) is 18.0 Å². The summed E-state index contributed by atoms with van der Waals surface area (Å²) in [5, 5.41) is 19.6. The molecular weight excluding hydrogens is 264 g/mol. The van der Waals surface area contributed by atoms with Gasteiger partial charge in [-0.1, -0.05) is 0 Å². The monoisotopic (exact) mass is 280 g/mol. The third-order valence-corrected chi connectivity index (χ3v) is 4.50. The second-order valence-corrected chi connectivity index (χ2v) is 6.41. The Labute approximate surface area is 104 Å². The van der Waals surface area contributed by atoms with Crippen LogP contribution in [0.3, 0.4) is 0 Å². The van der Waals surface area contributed by atoms with E-state index in [1.54, 1.807) is 6.92 Å². The molecule has 104 valence electrons. The average molecular weight is 280 g/mol. The number of carbonyl (C=O) groups excluding carboxylic acids is 1. The number of carboxylic acids is 1. The van der Waals surface area contributed by atoms with Crippen molar-refractivity contribution in [2.24, 2.45) is 0 Å². The number of hydrogen-bond acceptors (Lipinski definition) is 5. The molecule has 0 aliphatic carbocycles. The van der Waals surface area contributed by atoms with Crippen LogP contribution in [0.15, 0.2) is 0 Å². The lowest BCUT2D eigenvalue weighted by Gasteiger charge is -2.33. The molecule has 1 aliphatic rings. The first-order valence-corrected chi connectivity index (χ1v) is 7.20. The highest BCUT2D eigenvalue weighted by atomic mass is 32.2. The van der Waals surface area contributed by atoms with Crippen molar-refractivity contribution in [3.8, 4) is 0 Å². The maximum atomic E-state index is 11.7. The van der Waals surface area contributed by atoms with Crippen molar-refractivity contribution < 1.29 is 28.2 Å². The van der Waals surface area contributed by atoms with Crippen LogP contribution in [0.25, 0.3) is 0 Å². The van der Waals surface area contributed by atoms with E-state index in [0.717, 1.165) is 0 Å². The van der Waals surface area contributed by atoms with E-state index in [1.165, 1.54) is 4.90 Å². The van der Waals surface area contributed by atoms with Gasteiger partial charge >= 0.3 is 12.0 Å². The Hall–Kier alpha value is -1.35. The molecule has 1 heterocycles. The van der Waals surface area contributed by atoms with E-state index in [2.05, 4.69) is 5.32 Å². The van der Waals surface area contributed by atoms with Gasteiger partial charge in [-0.3, -0.25) is 0 Å². The van der Waals surface area contributed by atoms with Crippen LogP contribution in [-0.4, -0.2) is 72.3 Å². The average Bonchev–Trinajstić information content (AvgIpc) is 2.23. The molecule has 8 nitrogen and oxygen atoms in total. The molecule has 0 aromatic carbocycles. The maximum Gasteiger partial charge on any atom is 0.328 e. The number of carboxylic acid groups (broad SMARTS) is 1. The number of carbonyl (C=O) groups is 2. The number of nitrogens with one attached hydrogen (secondary N) is 1. The molecule has 2 atom stereocenters. The Morgan fingerprint density at radius 1 is 1.50 bits per heavy atom. The largest absolute Gasteiger partial charge is 0.480 e. The van der Waals surface area contributed by atoms with Gasteiger partial charge in [0.15, 0.2) is 15.9 Å². The third kappa shape index (κ3) is 3.57. The van der Waals surface area contributed by atoms with Crippen molar-refractivity contribution in [2.75, 3.05) is 24.7 Å². The molecule has 1 fully saturated rings. The summed E-state index contributed by atoms with van der Waals surface area (Å²) in [6, 6.07) is -2.58. The summed E-state index contributed by atoms with van der Waals surface area (Å²) in [6.07, 6.45) is 0. The van der Waals surface area contributed by atoms with Gasteiger partial charge in [0.05, 0.1) is 18.1 Å². The van der Waals surface area contributed by atoms with Crippen LogP contribution in [0.2, 0.25) is 0 Å². The van der Waals surface area contributed by atoms with E-state index < -0.39 is 40.5 Å². The van der Waals surface area contributed by atoms with Crippen LogP contribution in [0.4, 0.5) is 4.79 Å². The van der Waals surface area contributed by atoms with Gasteiger partial charge in [0.1, 0.15) is 0 Å². The minimum atomic E-state index is -3.14. The minimum absolute atomic E-state index is 0.0209. The molecule has 0 saturated carbocycles. The highest BCUT2D eigenvalue weighted by Crippen LogP contribution is 2.11. The highest BCUT2D eigenvalue weighted by molar-refractivity contribution is 7.91. The third-order valence-electron chi connectivity index (χ3n) is 2.71. The minimum Gasteiger partial charge on any atom is -0.480 e. The lowest BCUT2D eigenvalue weighted by molar-refractivity contribution is -0.140. The molecule has 2 unspecified atom stereocenters. The normalized spacial score (nSPS) is 24.3. The van der Waals surface area contributed by atoms with Crippen molar-refractivity contribution in [1.29, 1.82) is 0 Å². The Bertz CT molecular complexity index is 434. The molecule has 1 rings (SSSR count). The van der Waals surface area contributed by atoms with Crippen LogP contribution in [-0.2, 0) is 14.6 Å². The van der Waals surface area contributed by atoms with Crippen LogP contribution < -0.4 is 5.32 Å². The predicted molar refractivity (Wildman–Crippen MR) is 61.9 cm³/mol. The SMILES string of the molecule is CC1CS(=O)(=O)CCN1C(=O)NC(CO)C(=O)O. The number of aliphatic hydroxyl groups excluding tert-OH is 1. The topological polar surface area (TPSA) is 124 Å². The van der Waals surface area contributed by atoms with Crippen molar-refractivity contribution in [3.05, 3.63) is 0 Å². The Balaban J connectivity index is 2.65. The van der Waals surface area contributed by atoms with Gasteiger partial charge in [-0.2, -0.15) is 0 Å². The molecule has 0 radical (unpaired) electrons. The van der Waals surface area contributed by atoms with Gasteiger partial charge in [-0.05, 0) is 6.92 Å². The standard InChI is InChI=1S/C9H16N2O6S/c1-6-5-18(16,17)3-2-11(6)9(15)10-7(4-12)8(13)14/h6-7,12H,2-5H2,1H3,(H,10,15)(H,13,14). The maximum absolute atomic E-state index is 11.7. The van der Waals surface area contributed by atoms with Gasteiger partial charge < -0.3 is 20.4 Å². The smallest absolute Gasteiger partial charge is 0.328 e. The molecule has 1 saturated heterocycles. The first kappa shape index (κ1) is 14.7. The molecule has 18 heavy (non-hydrogen) atoms. The van der Waals surface area contributed by atoms with Gasteiger partial charge in [0, 0.05) is 12.6 Å². The Morgan fingerprint density at radius 2 is 2.11 bits per heavy atom. The highest BCUT2D eigenvalue weighted by Gasteiger charge is 2.32. The van der Waals surface area contributed by atoms with Gasteiger partial charge in [0.2, 0.25) is 0 Å². The van der Waals surface area contributed by atoms with E-state index >= 15 is 0 Å². The summed E-state index contributed by atoms with van der Waals surface area (Å²) in [5.41, 5.74) is 0. The molecule has 1 aliphatic heterocycles. The van der Waals surface area contributed by atoms with Crippen molar-refractivity contribution in [3.63, 3.8) is 0 Å². The summed E-state index contributed by atoms with van der Waals surface area (Å²) in [6.45, 7) is 0.875. The summed E-state index contributed by atoms with van der Waals surface area (Å²) in [5.74, 6) is -1.62. The fourth-order valence-electron chi connectivity index (χ4n) is 1.72. The zero-order valence-electron chi connectivity index (χ0n) is 9.87. The molecule has 9 heteroatoms. The fraction of sp³-hybridized carbons (Fsp3) is 0.778. The first-order chi connectivity index (χ1) is 8.26. The quantitative estimate of drug-likeness (QED) is 0.564. The number of rotatable bonds is 3. The van der Waals surface area contributed by atoms with Gasteiger partial charge in [0.25, 0.3) is 0 Å². The zero-order chi connectivity index (χ0) is 13.9. The number of hydrogen-bond donors (Lipinski definition) is 3. The lowest BCUT2D eigenvalue weighted by atomic mass is 10.3. The molecule has 3 N–H and O–H groups in total. The molecule has 2 amide bonds. The number of amides is 2. The van der Waals surface area contributed by atoms with Crippen molar-refractivity contribution >= 4 is 21.8 Å². The molecular formula is C9H16N2O6S. The number of aliphatic hydroxyl groups is 1. The molecule has 0 bridgehead atoms. The molecule has 0 aromatic heterocycles. The summed E-state index contributed by atoms with van der Waals surface area (Å²) in [4.78, 5) is 23.6. The first-order valence-electron chi connectivity index (χ1n) is 5.38. The fourth-order valence-corrected chi connectivity index (χ4v) is 3.27. The van der Waals surface area contributed by atoms with Crippen LogP contribution in [0.5, 0.6) is 0 Å². The van der Waals surface area contributed by atoms with E-state index in [4.69, 9.17) is 10.2 Å². The van der Waals surface area contributed by atoms with E-state index in [-0.39, 0.29) is 18.1 Å². The van der Waals surface area contributed by atoms with E-state index in [1.807, 2.05) is 0 Å². The number of urea groups is 1. The predicted octanol–water partition coefficient (Wildman–Crippen LogP) is -1.74. The van der Waals surface area contributed by atoms with Crippen LogP contribution >= 0.6 is 0 Å². The molecule has 0 spiro atoms.